The van der Waals surface area contributed by atoms with E-state index in [0.717, 1.165) is 5.56 Å². The molecule has 3 aromatic carbocycles. The lowest BCUT2D eigenvalue weighted by Gasteiger charge is -2.10. The van der Waals surface area contributed by atoms with Crippen molar-refractivity contribution in [1.82, 2.24) is 10.7 Å². The Labute approximate surface area is 201 Å². The molecule has 8 nitrogen and oxygen atoms in total. The van der Waals surface area contributed by atoms with Gasteiger partial charge >= 0.3 is 5.97 Å². The Kier molecular flexibility index (Phi) is 8.37. The molecule has 2 amide bonds. The zero-order chi connectivity index (χ0) is 24.5. The minimum atomic E-state index is -0.620. The number of methoxy groups -OCH3 is 1. The highest BCUT2D eigenvalue weighted by atomic mass is 35.5. The van der Waals surface area contributed by atoms with Crippen molar-refractivity contribution in [1.29, 1.82) is 0 Å². The van der Waals surface area contributed by atoms with E-state index in [1.165, 1.54) is 13.3 Å². The fourth-order valence-corrected chi connectivity index (χ4v) is 3.15. The van der Waals surface area contributed by atoms with Gasteiger partial charge < -0.3 is 14.8 Å². The second-order valence-electron chi connectivity index (χ2n) is 7.07. The van der Waals surface area contributed by atoms with Gasteiger partial charge in [-0.15, -0.1) is 0 Å². The van der Waals surface area contributed by atoms with Gasteiger partial charge in [0.05, 0.1) is 30.5 Å². The summed E-state index contributed by atoms with van der Waals surface area (Å²) in [6.45, 7) is 1.58. The smallest absolute Gasteiger partial charge is 0.345 e. The van der Waals surface area contributed by atoms with Crippen molar-refractivity contribution in [3.63, 3.8) is 0 Å². The number of hydrogen-bond donors (Lipinski definition) is 2. The van der Waals surface area contributed by atoms with Crippen molar-refractivity contribution in [2.24, 2.45) is 5.10 Å². The first-order chi connectivity index (χ1) is 16.4. The van der Waals surface area contributed by atoms with Crippen LogP contribution in [0.25, 0.3) is 0 Å². The lowest BCUT2D eigenvalue weighted by atomic mass is 10.1. The Morgan fingerprint density at radius 1 is 0.971 bits per heavy atom. The van der Waals surface area contributed by atoms with E-state index in [0.29, 0.717) is 16.9 Å². The maximum Gasteiger partial charge on any atom is 0.345 e. The molecule has 0 radical (unpaired) electrons. The molecule has 3 rings (SSSR count). The average molecular weight is 480 g/mol. The van der Waals surface area contributed by atoms with Gasteiger partial charge in [-0.2, -0.15) is 5.10 Å². The van der Waals surface area contributed by atoms with Crippen molar-refractivity contribution in [2.75, 3.05) is 13.7 Å². The number of hydrogen-bond acceptors (Lipinski definition) is 6. The van der Waals surface area contributed by atoms with Crippen LogP contribution >= 0.6 is 11.6 Å². The zero-order valence-electron chi connectivity index (χ0n) is 18.5. The molecule has 0 spiro atoms. The number of rotatable bonds is 8. The number of aryl methyl sites for hydroxylation is 1. The first-order valence-corrected chi connectivity index (χ1v) is 10.6. The van der Waals surface area contributed by atoms with Gasteiger partial charge in [0.15, 0.2) is 11.5 Å². The van der Waals surface area contributed by atoms with Gasteiger partial charge in [-0.25, -0.2) is 10.2 Å². The highest BCUT2D eigenvalue weighted by Crippen LogP contribution is 2.29. The average Bonchev–Trinajstić information content (AvgIpc) is 2.83. The van der Waals surface area contributed by atoms with Crippen molar-refractivity contribution in [2.45, 2.75) is 6.92 Å². The van der Waals surface area contributed by atoms with Crippen LogP contribution in [0.3, 0.4) is 0 Å². The molecule has 0 fully saturated rings. The van der Waals surface area contributed by atoms with E-state index >= 15 is 0 Å². The number of carbonyl (C=O) groups excluding carboxylic acids is 3. The van der Waals surface area contributed by atoms with Crippen LogP contribution in [-0.4, -0.2) is 37.7 Å². The van der Waals surface area contributed by atoms with Gasteiger partial charge in [0.1, 0.15) is 0 Å². The number of carbonyl (C=O) groups is 3. The molecule has 3 aromatic rings. The molecular weight excluding hydrogens is 458 g/mol. The monoisotopic (exact) mass is 479 g/mol. The third-order valence-corrected chi connectivity index (χ3v) is 5.02. The molecule has 0 atom stereocenters. The summed E-state index contributed by atoms with van der Waals surface area (Å²) < 4.78 is 10.7. The SMILES string of the molecule is COc1cc(/C=N/NC(=O)CNC(=O)c2ccccc2C)ccc1OC(=O)c1ccccc1Cl. The van der Waals surface area contributed by atoms with Gasteiger partial charge in [0.25, 0.3) is 11.8 Å². The molecule has 2 N–H and O–H groups in total. The topological polar surface area (TPSA) is 106 Å². The zero-order valence-corrected chi connectivity index (χ0v) is 19.3. The number of esters is 1. The van der Waals surface area contributed by atoms with E-state index in [-0.39, 0.29) is 28.8 Å². The largest absolute Gasteiger partial charge is 0.493 e. The second-order valence-corrected chi connectivity index (χ2v) is 7.48. The molecule has 0 aliphatic carbocycles. The summed E-state index contributed by atoms with van der Waals surface area (Å²) in [6.07, 6.45) is 1.39. The fraction of sp³-hybridized carbons (Fsp3) is 0.120. The van der Waals surface area contributed by atoms with E-state index in [4.69, 9.17) is 21.1 Å². The third-order valence-electron chi connectivity index (χ3n) is 4.69. The lowest BCUT2D eigenvalue weighted by molar-refractivity contribution is -0.120. The number of benzene rings is 3. The second kappa shape index (κ2) is 11.6. The molecule has 0 bridgehead atoms. The van der Waals surface area contributed by atoms with E-state index in [2.05, 4.69) is 15.8 Å². The van der Waals surface area contributed by atoms with Gasteiger partial charge in [-0.3, -0.25) is 9.59 Å². The molecule has 0 aromatic heterocycles. The van der Waals surface area contributed by atoms with Crippen molar-refractivity contribution < 1.29 is 23.9 Å². The predicted molar refractivity (Wildman–Crippen MR) is 129 cm³/mol. The first kappa shape index (κ1) is 24.5. The van der Waals surface area contributed by atoms with E-state index in [1.54, 1.807) is 54.6 Å². The van der Waals surface area contributed by atoms with Gasteiger partial charge in [-0.05, 0) is 54.4 Å². The Morgan fingerprint density at radius 3 is 2.38 bits per heavy atom. The Bertz CT molecular complexity index is 1240. The van der Waals surface area contributed by atoms with Gasteiger partial charge in [-0.1, -0.05) is 41.9 Å². The maximum atomic E-state index is 12.4. The van der Waals surface area contributed by atoms with Crippen molar-refractivity contribution >= 4 is 35.6 Å². The van der Waals surface area contributed by atoms with Crippen LogP contribution in [0.1, 0.15) is 31.8 Å². The molecule has 0 unspecified atom stereocenters. The van der Waals surface area contributed by atoms with E-state index in [1.807, 2.05) is 19.1 Å². The fourth-order valence-electron chi connectivity index (χ4n) is 2.93. The minimum absolute atomic E-state index is 0.201. The molecule has 9 heteroatoms. The summed E-state index contributed by atoms with van der Waals surface area (Å²) in [5.74, 6) is -0.960. The number of hydrazone groups is 1. The van der Waals surface area contributed by atoms with Crippen LogP contribution < -0.4 is 20.2 Å². The molecule has 0 aliphatic rings. The number of halogens is 1. The summed E-state index contributed by atoms with van der Waals surface area (Å²) in [4.78, 5) is 36.5. The molecule has 0 aliphatic heterocycles. The van der Waals surface area contributed by atoms with Crippen LogP contribution in [-0.2, 0) is 4.79 Å². The summed E-state index contributed by atoms with van der Waals surface area (Å²) in [7, 11) is 1.43. The summed E-state index contributed by atoms with van der Waals surface area (Å²) in [6, 6.07) is 18.4. The van der Waals surface area contributed by atoms with E-state index < -0.39 is 11.9 Å². The molecule has 0 saturated carbocycles. The Balaban J connectivity index is 1.56. The summed E-state index contributed by atoms with van der Waals surface area (Å²) in [5, 5.41) is 6.70. The molecular formula is C25H22ClN3O5. The molecule has 0 saturated heterocycles. The van der Waals surface area contributed by atoms with Crippen LogP contribution in [0.5, 0.6) is 11.5 Å². The quantitative estimate of drug-likeness (QED) is 0.221. The van der Waals surface area contributed by atoms with Crippen LogP contribution in [0.4, 0.5) is 0 Å². The highest BCUT2D eigenvalue weighted by molar-refractivity contribution is 6.33. The van der Waals surface area contributed by atoms with Crippen molar-refractivity contribution in [3.05, 3.63) is 94.0 Å². The summed E-state index contributed by atoms with van der Waals surface area (Å²) >= 11 is 6.04. The minimum Gasteiger partial charge on any atom is -0.493 e. The predicted octanol–water partition coefficient (Wildman–Crippen LogP) is 3.76. The third kappa shape index (κ3) is 6.43. The van der Waals surface area contributed by atoms with Gasteiger partial charge in [0.2, 0.25) is 0 Å². The molecule has 34 heavy (non-hydrogen) atoms. The Morgan fingerprint density at radius 2 is 1.68 bits per heavy atom. The van der Waals surface area contributed by atoms with Crippen LogP contribution in [0.15, 0.2) is 71.8 Å². The van der Waals surface area contributed by atoms with Gasteiger partial charge in [0, 0.05) is 5.56 Å². The highest BCUT2D eigenvalue weighted by Gasteiger charge is 2.15. The number of ether oxygens (including phenoxy) is 2. The number of nitrogens with zero attached hydrogens (tertiary/aromatic N) is 1. The lowest BCUT2D eigenvalue weighted by Crippen LogP contribution is -2.35. The van der Waals surface area contributed by atoms with E-state index in [9.17, 15) is 14.4 Å². The van der Waals surface area contributed by atoms with Crippen molar-refractivity contribution in [3.8, 4) is 11.5 Å². The molecule has 0 heterocycles. The molecule has 174 valence electrons. The normalized spacial score (nSPS) is 10.6. The number of amides is 2. The maximum absolute atomic E-state index is 12.4. The summed E-state index contributed by atoms with van der Waals surface area (Å²) in [5.41, 5.74) is 4.47. The standard InChI is InChI=1S/C25H22ClN3O5/c1-16-7-3-4-8-18(16)24(31)27-15-23(30)29-28-14-17-11-12-21(22(13-17)33-2)34-25(32)19-9-5-6-10-20(19)26/h3-14H,15H2,1-2H3,(H,27,31)(H,29,30)/b28-14+. The number of nitrogens with one attached hydrogen (secondary N) is 2. The first-order valence-electron chi connectivity index (χ1n) is 10.2. The van der Waals surface area contributed by atoms with Crippen LogP contribution in [0, 0.1) is 6.92 Å². The van der Waals surface area contributed by atoms with Crippen LogP contribution in [0.2, 0.25) is 5.02 Å². The Hall–Kier alpha value is -4.17.